The first-order valence-electron chi connectivity index (χ1n) is 9.41. The second-order valence-corrected chi connectivity index (χ2v) is 8.49. The first-order chi connectivity index (χ1) is 11.5. The molecular formula is C18H27N3O3. The minimum Gasteiger partial charge on any atom is -0.342 e. The lowest BCUT2D eigenvalue weighted by atomic mass is 9.53. The SMILES string of the molecule is O=C(NC(=O)C1CCNCC1)C(=O)NC12CC3CC(CC(C3)C1)C2. The third-order valence-corrected chi connectivity index (χ3v) is 6.57. The van der Waals surface area contributed by atoms with Gasteiger partial charge in [0.2, 0.25) is 5.91 Å². The number of carbonyl (C=O) groups is 3. The number of piperidine rings is 1. The first kappa shape index (κ1) is 16.1. The predicted octanol–water partition coefficient (Wildman–Crippen LogP) is 0.714. The molecule has 3 amide bonds. The molecular weight excluding hydrogens is 306 g/mol. The maximum Gasteiger partial charge on any atom is 0.315 e. The zero-order chi connectivity index (χ0) is 16.7. The zero-order valence-electron chi connectivity index (χ0n) is 14.1. The van der Waals surface area contributed by atoms with E-state index in [9.17, 15) is 14.4 Å². The van der Waals surface area contributed by atoms with Crippen LogP contribution in [0.2, 0.25) is 0 Å². The van der Waals surface area contributed by atoms with Gasteiger partial charge in [-0.3, -0.25) is 19.7 Å². The van der Waals surface area contributed by atoms with E-state index < -0.39 is 11.8 Å². The molecule has 0 aromatic carbocycles. The highest BCUT2D eigenvalue weighted by atomic mass is 16.2. The molecule has 0 spiro atoms. The van der Waals surface area contributed by atoms with Crippen molar-refractivity contribution in [1.29, 1.82) is 0 Å². The van der Waals surface area contributed by atoms with Gasteiger partial charge in [-0.2, -0.15) is 0 Å². The van der Waals surface area contributed by atoms with Gasteiger partial charge >= 0.3 is 11.8 Å². The Morgan fingerprint density at radius 1 is 0.833 bits per heavy atom. The summed E-state index contributed by atoms with van der Waals surface area (Å²) in [7, 11) is 0. The molecule has 5 fully saturated rings. The number of rotatable bonds is 2. The molecule has 0 aromatic heterocycles. The van der Waals surface area contributed by atoms with E-state index in [-0.39, 0.29) is 17.4 Å². The molecule has 0 unspecified atom stereocenters. The van der Waals surface area contributed by atoms with Crippen LogP contribution >= 0.6 is 0 Å². The number of amides is 3. The van der Waals surface area contributed by atoms with E-state index in [4.69, 9.17) is 0 Å². The summed E-state index contributed by atoms with van der Waals surface area (Å²) in [4.78, 5) is 36.7. The highest BCUT2D eigenvalue weighted by molar-refractivity contribution is 6.38. The van der Waals surface area contributed by atoms with E-state index in [2.05, 4.69) is 16.0 Å². The van der Waals surface area contributed by atoms with Crippen molar-refractivity contribution in [2.45, 2.75) is 56.9 Å². The van der Waals surface area contributed by atoms with Crippen molar-refractivity contribution in [1.82, 2.24) is 16.0 Å². The summed E-state index contributed by atoms with van der Waals surface area (Å²) in [6, 6.07) is 0. The molecule has 0 aromatic rings. The highest BCUT2D eigenvalue weighted by Gasteiger charge is 2.52. The number of hydrogen-bond acceptors (Lipinski definition) is 4. The second kappa shape index (κ2) is 6.14. The standard InChI is InChI=1S/C18H27N3O3/c22-15(14-1-3-19-4-2-14)20-16(23)17(24)21-18-8-11-5-12(9-18)7-13(6-11)10-18/h11-14,19H,1-10H2,(H,21,24)(H,20,22,23). The van der Waals surface area contributed by atoms with Gasteiger partial charge in [0.25, 0.3) is 0 Å². The Balaban J connectivity index is 1.34. The topological polar surface area (TPSA) is 87.3 Å². The molecule has 3 N–H and O–H groups in total. The number of carbonyl (C=O) groups excluding carboxylic acids is 3. The van der Waals surface area contributed by atoms with Crippen molar-refractivity contribution in [3.63, 3.8) is 0 Å². The smallest absolute Gasteiger partial charge is 0.315 e. The fraction of sp³-hybridized carbons (Fsp3) is 0.833. The largest absolute Gasteiger partial charge is 0.342 e. The Labute approximate surface area is 142 Å². The fourth-order valence-corrected chi connectivity index (χ4v) is 5.92. The maximum absolute atomic E-state index is 12.4. The molecule has 6 heteroatoms. The summed E-state index contributed by atoms with van der Waals surface area (Å²) < 4.78 is 0. The van der Waals surface area contributed by atoms with Crippen molar-refractivity contribution in [3.05, 3.63) is 0 Å². The summed E-state index contributed by atoms with van der Waals surface area (Å²) in [5, 5.41) is 8.52. The van der Waals surface area contributed by atoms with Crippen LogP contribution in [0.1, 0.15) is 51.4 Å². The van der Waals surface area contributed by atoms with Gasteiger partial charge in [0.15, 0.2) is 0 Å². The van der Waals surface area contributed by atoms with Crippen LogP contribution in [-0.2, 0) is 14.4 Å². The summed E-state index contributed by atoms with van der Waals surface area (Å²) in [6.45, 7) is 1.57. The molecule has 132 valence electrons. The molecule has 4 saturated carbocycles. The van der Waals surface area contributed by atoms with E-state index >= 15 is 0 Å². The number of hydrogen-bond donors (Lipinski definition) is 3. The molecule has 1 heterocycles. The average molecular weight is 333 g/mol. The Bertz CT molecular complexity index is 518. The van der Waals surface area contributed by atoms with Crippen LogP contribution in [0.4, 0.5) is 0 Å². The molecule has 0 radical (unpaired) electrons. The molecule has 0 atom stereocenters. The van der Waals surface area contributed by atoms with Crippen LogP contribution in [0, 0.1) is 23.7 Å². The van der Waals surface area contributed by atoms with E-state index in [1.165, 1.54) is 19.3 Å². The summed E-state index contributed by atoms with van der Waals surface area (Å²) in [5.41, 5.74) is -0.193. The summed E-state index contributed by atoms with van der Waals surface area (Å²) >= 11 is 0. The van der Waals surface area contributed by atoms with Crippen LogP contribution in [0.5, 0.6) is 0 Å². The molecule has 6 nitrogen and oxygen atoms in total. The average Bonchev–Trinajstić information content (AvgIpc) is 2.53. The quantitative estimate of drug-likeness (QED) is 0.650. The van der Waals surface area contributed by atoms with Crippen molar-refractivity contribution in [2.24, 2.45) is 23.7 Å². The highest BCUT2D eigenvalue weighted by Crippen LogP contribution is 2.55. The summed E-state index contributed by atoms with van der Waals surface area (Å²) in [5.74, 6) is 0.237. The third kappa shape index (κ3) is 3.08. The summed E-state index contributed by atoms with van der Waals surface area (Å²) in [6.07, 6.45) is 8.30. The van der Waals surface area contributed by atoms with Crippen LogP contribution in [0.15, 0.2) is 0 Å². The second-order valence-electron chi connectivity index (χ2n) is 8.49. The van der Waals surface area contributed by atoms with Crippen molar-refractivity contribution < 1.29 is 14.4 Å². The molecule has 1 aliphatic heterocycles. The molecule has 4 bridgehead atoms. The predicted molar refractivity (Wildman–Crippen MR) is 87.8 cm³/mol. The molecule has 1 saturated heterocycles. The van der Waals surface area contributed by atoms with Gasteiger partial charge in [-0.05, 0) is 82.2 Å². The minimum absolute atomic E-state index is 0.164. The van der Waals surface area contributed by atoms with Crippen LogP contribution in [0.25, 0.3) is 0 Å². The zero-order valence-corrected chi connectivity index (χ0v) is 14.1. The molecule has 4 aliphatic carbocycles. The Kier molecular flexibility index (Phi) is 4.11. The van der Waals surface area contributed by atoms with Gasteiger partial charge in [0.1, 0.15) is 0 Å². The molecule has 5 aliphatic rings. The minimum atomic E-state index is -0.783. The fourth-order valence-electron chi connectivity index (χ4n) is 5.92. The van der Waals surface area contributed by atoms with Crippen molar-refractivity contribution in [2.75, 3.05) is 13.1 Å². The molecule has 24 heavy (non-hydrogen) atoms. The number of imide groups is 1. The molecule has 5 rings (SSSR count). The Hall–Kier alpha value is -1.43. The van der Waals surface area contributed by atoms with E-state index in [1.807, 2.05) is 0 Å². The Morgan fingerprint density at radius 2 is 1.38 bits per heavy atom. The van der Waals surface area contributed by atoms with Gasteiger partial charge in [-0.25, -0.2) is 0 Å². The normalized spacial score (nSPS) is 37.9. The van der Waals surface area contributed by atoms with Gasteiger partial charge in [0.05, 0.1) is 0 Å². The third-order valence-electron chi connectivity index (χ3n) is 6.57. The van der Waals surface area contributed by atoms with E-state index in [0.717, 1.165) is 45.2 Å². The van der Waals surface area contributed by atoms with Gasteiger partial charge in [-0.15, -0.1) is 0 Å². The monoisotopic (exact) mass is 333 g/mol. The Morgan fingerprint density at radius 3 is 1.92 bits per heavy atom. The van der Waals surface area contributed by atoms with Gasteiger partial charge in [0, 0.05) is 11.5 Å². The lowest BCUT2D eigenvalue weighted by molar-refractivity contribution is -0.145. The van der Waals surface area contributed by atoms with Crippen molar-refractivity contribution >= 4 is 17.7 Å². The number of nitrogens with one attached hydrogen (secondary N) is 3. The first-order valence-corrected chi connectivity index (χ1v) is 9.41. The van der Waals surface area contributed by atoms with E-state index in [0.29, 0.717) is 17.8 Å². The van der Waals surface area contributed by atoms with E-state index in [1.54, 1.807) is 0 Å². The van der Waals surface area contributed by atoms with Crippen LogP contribution < -0.4 is 16.0 Å². The van der Waals surface area contributed by atoms with Gasteiger partial charge in [-0.1, -0.05) is 0 Å². The van der Waals surface area contributed by atoms with Crippen molar-refractivity contribution in [3.8, 4) is 0 Å². The lowest BCUT2D eigenvalue weighted by Gasteiger charge is -2.56. The lowest BCUT2D eigenvalue weighted by Crippen LogP contribution is -2.62. The van der Waals surface area contributed by atoms with Gasteiger partial charge < -0.3 is 10.6 Å². The van der Waals surface area contributed by atoms with Crippen LogP contribution in [-0.4, -0.2) is 36.3 Å². The maximum atomic E-state index is 12.4. The van der Waals surface area contributed by atoms with Crippen LogP contribution in [0.3, 0.4) is 0 Å².